The van der Waals surface area contributed by atoms with Crippen LogP contribution in [-0.2, 0) is 6.54 Å². The van der Waals surface area contributed by atoms with Crippen LogP contribution in [0.25, 0.3) is 5.69 Å². The third-order valence-electron chi connectivity index (χ3n) is 3.60. The summed E-state index contributed by atoms with van der Waals surface area (Å²) in [6.45, 7) is 2.55. The molecular formula is C19H19N3O. The lowest BCUT2D eigenvalue weighted by Crippen LogP contribution is -2.28. The van der Waals surface area contributed by atoms with Gasteiger partial charge >= 0.3 is 6.03 Å². The Labute approximate surface area is 135 Å². The molecule has 0 saturated carbocycles. The van der Waals surface area contributed by atoms with Crippen LogP contribution in [0.4, 0.5) is 10.5 Å². The van der Waals surface area contributed by atoms with Crippen molar-refractivity contribution in [3.63, 3.8) is 0 Å². The normalized spacial score (nSPS) is 10.3. The largest absolute Gasteiger partial charge is 0.334 e. The molecule has 0 unspecified atom stereocenters. The molecule has 2 amide bonds. The van der Waals surface area contributed by atoms with Crippen molar-refractivity contribution in [3.8, 4) is 5.69 Å². The number of nitrogens with one attached hydrogen (secondary N) is 2. The van der Waals surface area contributed by atoms with E-state index in [0.29, 0.717) is 6.54 Å². The second-order valence-corrected chi connectivity index (χ2v) is 5.43. The fourth-order valence-electron chi connectivity index (χ4n) is 2.29. The van der Waals surface area contributed by atoms with E-state index < -0.39 is 0 Å². The number of carbonyl (C=O) groups excluding carboxylic acids is 1. The van der Waals surface area contributed by atoms with Crippen molar-refractivity contribution in [3.05, 3.63) is 84.2 Å². The molecule has 0 fully saturated rings. The summed E-state index contributed by atoms with van der Waals surface area (Å²) in [7, 11) is 0. The third-order valence-corrected chi connectivity index (χ3v) is 3.60. The number of benzene rings is 2. The Bertz CT molecular complexity index is 759. The van der Waals surface area contributed by atoms with E-state index in [0.717, 1.165) is 16.9 Å². The highest BCUT2D eigenvalue weighted by molar-refractivity contribution is 5.89. The molecule has 23 heavy (non-hydrogen) atoms. The van der Waals surface area contributed by atoms with Gasteiger partial charge in [-0.15, -0.1) is 0 Å². The Morgan fingerprint density at radius 1 is 0.957 bits per heavy atom. The van der Waals surface area contributed by atoms with Crippen molar-refractivity contribution in [2.24, 2.45) is 0 Å². The molecule has 0 aliphatic rings. The van der Waals surface area contributed by atoms with Gasteiger partial charge < -0.3 is 15.2 Å². The molecule has 2 N–H and O–H groups in total. The summed E-state index contributed by atoms with van der Waals surface area (Å²) >= 11 is 0. The number of aryl methyl sites for hydroxylation is 1. The number of anilines is 1. The Morgan fingerprint density at radius 2 is 1.61 bits per heavy atom. The second-order valence-electron chi connectivity index (χ2n) is 5.43. The minimum atomic E-state index is -0.209. The number of hydrogen-bond acceptors (Lipinski definition) is 1. The van der Waals surface area contributed by atoms with Gasteiger partial charge in [-0.25, -0.2) is 4.79 Å². The van der Waals surface area contributed by atoms with E-state index in [1.165, 1.54) is 5.56 Å². The highest BCUT2D eigenvalue weighted by Gasteiger charge is 2.02. The van der Waals surface area contributed by atoms with Crippen LogP contribution >= 0.6 is 0 Å². The van der Waals surface area contributed by atoms with Crippen molar-refractivity contribution in [1.82, 2.24) is 9.88 Å². The molecule has 4 heteroatoms. The van der Waals surface area contributed by atoms with E-state index in [2.05, 4.69) is 10.6 Å². The standard InChI is InChI=1S/C19H19N3O/c1-15-4-6-16(7-5-15)14-20-19(23)21-17-8-10-18(11-9-17)22-12-2-3-13-22/h2-13H,14H2,1H3,(H2,20,21,23). The van der Waals surface area contributed by atoms with Crippen LogP contribution in [-0.4, -0.2) is 10.6 Å². The van der Waals surface area contributed by atoms with Crippen molar-refractivity contribution in [2.75, 3.05) is 5.32 Å². The minimum Gasteiger partial charge on any atom is -0.334 e. The van der Waals surface area contributed by atoms with E-state index in [-0.39, 0.29) is 6.03 Å². The number of carbonyl (C=O) groups is 1. The molecule has 0 radical (unpaired) electrons. The monoisotopic (exact) mass is 305 g/mol. The zero-order chi connectivity index (χ0) is 16.1. The number of hydrogen-bond donors (Lipinski definition) is 2. The van der Waals surface area contributed by atoms with Crippen molar-refractivity contribution < 1.29 is 4.79 Å². The molecule has 0 spiro atoms. The second kappa shape index (κ2) is 6.83. The zero-order valence-corrected chi connectivity index (χ0v) is 13.0. The molecule has 0 aliphatic heterocycles. The van der Waals surface area contributed by atoms with Gasteiger partial charge in [0.05, 0.1) is 0 Å². The maximum absolute atomic E-state index is 11.9. The molecule has 2 aromatic carbocycles. The Kier molecular flexibility index (Phi) is 4.43. The zero-order valence-electron chi connectivity index (χ0n) is 13.0. The first-order valence-electron chi connectivity index (χ1n) is 7.54. The molecule has 1 aromatic heterocycles. The summed E-state index contributed by atoms with van der Waals surface area (Å²) in [5.41, 5.74) is 4.11. The van der Waals surface area contributed by atoms with Gasteiger partial charge in [0.1, 0.15) is 0 Å². The molecule has 0 aliphatic carbocycles. The van der Waals surface area contributed by atoms with Gasteiger partial charge in [0, 0.05) is 30.3 Å². The summed E-state index contributed by atoms with van der Waals surface area (Å²) < 4.78 is 2.02. The first-order valence-corrected chi connectivity index (χ1v) is 7.54. The van der Waals surface area contributed by atoms with Gasteiger partial charge in [0.25, 0.3) is 0 Å². The smallest absolute Gasteiger partial charge is 0.319 e. The predicted octanol–water partition coefficient (Wildman–Crippen LogP) is 4.11. The van der Waals surface area contributed by atoms with Crippen LogP contribution in [0.3, 0.4) is 0 Å². The van der Waals surface area contributed by atoms with Gasteiger partial charge in [0.2, 0.25) is 0 Å². The van der Waals surface area contributed by atoms with Gasteiger partial charge in [0.15, 0.2) is 0 Å². The van der Waals surface area contributed by atoms with Gasteiger partial charge in [-0.2, -0.15) is 0 Å². The lowest BCUT2D eigenvalue weighted by atomic mass is 10.1. The Balaban J connectivity index is 1.54. The maximum Gasteiger partial charge on any atom is 0.319 e. The fourth-order valence-corrected chi connectivity index (χ4v) is 2.29. The average Bonchev–Trinajstić information content (AvgIpc) is 3.09. The van der Waals surface area contributed by atoms with Gasteiger partial charge in [-0.3, -0.25) is 0 Å². The van der Waals surface area contributed by atoms with Crippen LogP contribution in [0.15, 0.2) is 73.1 Å². The third kappa shape index (κ3) is 4.01. The molecule has 1 heterocycles. The summed E-state index contributed by atoms with van der Waals surface area (Å²) in [5, 5.41) is 5.69. The van der Waals surface area contributed by atoms with E-state index in [9.17, 15) is 4.79 Å². The highest BCUT2D eigenvalue weighted by atomic mass is 16.2. The lowest BCUT2D eigenvalue weighted by molar-refractivity contribution is 0.251. The molecule has 0 bridgehead atoms. The first-order chi connectivity index (χ1) is 11.2. The molecule has 0 atom stereocenters. The number of amides is 2. The minimum absolute atomic E-state index is 0.209. The quantitative estimate of drug-likeness (QED) is 0.748. The van der Waals surface area contributed by atoms with Crippen LogP contribution in [0, 0.1) is 6.92 Å². The van der Waals surface area contributed by atoms with Gasteiger partial charge in [-0.1, -0.05) is 29.8 Å². The van der Waals surface area contributed by atoms with Crippen molar-refractivity contribution in [2.45, 2.75) is 13.5 Å². The molecular weight excluding hydrogens is 286 g/mol. The number of aromatic nitrogens is 1. The number of urea groups is 1. The van der Waals surface area contributed by atoms with Crippen LogP contribution in [0.2, 0.25) is 0 Å². The SMILES string of the molecule is Cc1ccc(CNC(=O)Nc2ccc(-n3cccc3)cc2)cc1. The maximum atomic E-state index is 11.9. The van der Waals surface area contributed by atoms with E-state index in [1.807, 2.05) is 84.5 Å². The summed E-state index contributed by atoms with van der Waals surface area (Å²) in [6.07, 6.45) is 3.97. The summed E-state index contributed by atoms with van der Waals surface area (Å²) in [4.78, 5) is 11.9. The average molecular weight is 305 g/mol. The van der Waals surface area contributed by atoms with Gasteiger partial charge in [-0.05, 0) is 48.9 Å². The van der Waals surface area contributed by atoms with Crippen molar-refractivity contribution in [1.29, 1.82) is 0 Å². The summed E-state index contributed by atoms with van der Waals surface area (Å²) in [6, 6.07) is 19.6. The Morgan fingerprint density at radius 3 is 2.26 bits per heavy atom. The predicted molar refractivity (Wildman–Crippen MR) is 92.8 cm³/mol. The molecule has 0 saturated heterocycles. The van der Waals surface area contributed by atoms with E-state index >= 15 is 0 Å². The topological polar surface area (TPSA) is 46.1 Å². The lowest BCUT2D eigenvalue weighted by Gasteiger charge is -2.09. The molecule has 3 aromatic rings. The molecule has 3 rings (SSSR count). The van der Waals surface area contributed by atoms with Crippen LogP contribution in [0.5, 0.6) is 0 Å². The number of rotatable bonds is 4. The first kappa shape index (κ1) is 14.9. The van der Waals surface area contributed by atoms with Crippen LogP contribution < -0.4 is 10.6 Å². The highest BCUT2D eigenvalue weighted by Crippen LogP contribution is 2.13. The van der Waals surface area contributed by atoms with Crippen LogP contribution in [0.1, 0.15) is 11.1 Å². The van der Waals surface area contributed by atoms with Crippen molar-refractivity contribution >= 4 is 11.7 Å². The molecule has 116 valence electrons. The fraction of sp³-hybridized carbons (Fsp3) is 0.105. The summed E-state index contributed by atoms with van der Waals surface area (Å²) in [5.74, 6) is 0. The van der Waals surface area contributed by atoms with E-state index in [1.54, 1.807) is 0 Å². The Hall–Kier alpha value is -3.01. The number of nitrogens with zero attached hydrogens (tertiary/aromatic N) is 1. The molecule has 4 nitrogen and oxygen atoms in total. The van der Waals surface area contributed by atoms with E-state index in [4.69, 9.17) is 0 Å².